The Hall–Kier alpha value is -4.99. The highest BCUT2D eigenvalue weighted by atomic mass is 19.4. The summed E-state index contributed by atoms with van der Waals surface area (Å²) in [5.41, 5.74) is 1.81. The van der Waals surface area contributed by atoms with E-state index in [1.807, 2.05) is 65.6 Å². The molecule has 0 saturated carbocycles. The van der Waals surface area contributed by atoms with Gasteiger partial charge in [0.2, 0.25) is 11.8 Å². The second kappa shape index (κ2) is 17.2. The third-order valence-corrected chi connectivity index (χ3v) is 5.97. The Morgan fingerprint density at radius 2 is 1.55 bits per heavy atom. The van der Waals surface area contributed by atoms with Crippen LogP contribution in [0.4, 0.5) is 18.0 Å². The Kier molecular flexibility index (Phi) is 13.8. The predicted molar refractivity (Wildman–Crippen MR) is 146 cm³/mol. The Labute approximate surface area is 249 Å². The van der Waals surface area contributed by atoms with E-state index < -0.39 is 54.5 Å². The van der Waals surface area contributed by atoms with E-state index in [1.165, 1.54) is 4.90 Å². The van der Waals surface area contributed by atoms with E-state index in [1.54, 1.807) is 0 Å². The number of carbonyl (C=O) groups excluding carboxylic acids is 4. The van der Waals surface area contributed by atoms with Crippen molar-refractivity contribution in [3.63, 3.8) is 0 Å². The quantitative estimate of drug-likeness (QED) is 0.267. The van der Waals surface area contributed by atoms with Gasteiger partial charge in [0.25, 0.3) is 0 Å². The van der Waals surface area contributed by atoms with Crippen LogP contribution < -0.4 is 10.6 Å². The van der Waals surface area contributed by atoms with Crippen LogP contribution in [-0.2, 0) is 41.9 Å². The van der Waals surface area contributed by atoms with Crippen molar-refractivity contribution in [2.75, 3.05) is 26.2 Å². The molecule has 2 atom stereocenters. The van der Waals surface area contributed by atoms with Crippen LogP contribution in [0, 0.1) is 0 Å². The minimum atomic E-state index is -5.08. The number of alkyl halides is 3. The van der Waals surface area contributed by atoms with Crippen LogP contribution in [0.3, 0.4) is 0 Å². The normalized spacial score (nSPS) is 15.9. The summed E-state index contributed by atoms with van der Waals surface area (Å²) in [4.78, 5) is 72.5. The Bertz CT molecular complexity index is 1280. The van der Waals surface area contributed by atoms with Crippen LogP contribution in [0.25, 0.3) is 0 Å². The van der Waals surface area contributed by atoms with E-state index in [9.17, 15) is 37.1 Å². The lowest BCUT2D eigenvalue weighted by Gasteiger charge is -2.24. The molecule has 1 saturated heterocycles. The fourth-order valence-electron chi connectivity index (χ4n) is 3.92. The van der Waals surface area contributed by atoms with Gasteiger partial charge in [0, 0.05) is 26.2 Å². The highest BCUT2D eigenvalue weighted by Crippen LogP contribution is 2.13. The molecule has 44 heavy (non-hydrogen) atoms. The number of aliphatic carboxylic acids is 2. The van der Waals surface area contributed by atoms with Gasteiger partial charge in [0.05, 0.1) is 19.0 Å². The van der Waals surface area contributed by atoms with Gasteiger partial charge < -0.3 is 35.3 Å². The van der Waals surface area contributed by atoms with Crippen LogP contribution in [0.5, 0.6) is 0 Å². The summed E-state index contributed by atoms with van der Waals surface area (Å²) in [5.74, 6) is -5.15. The van der Waals surface area contributed by atoms with Crippen molar-refractivity contribution >= 4 is 36.1 Å². The number of halogens is 3. The third-order valence-electron chi connectivity index (χ3n) is 5.97. The smallest absolute Gasteiger partial charge is 0.481 e. The molecule has 0 spiro atoms. The second-order valence-electron chi connectivity index (χ2n) is 9.45. The summed E-state index contributed by atoms with van der Waals surface area (Å²) in [6.45, 7) is 0.987. The molecule has 2 aromatic rings. The van der Waals surface area contributed by atoms with Crippen LogP contribution in [-0.4, -0.2) is 101 Å². The zero-order valence-electron chi connectivity index (χ0n) is 23.2. The highest BCUT2D eigenvalue weighted by molar-refractivity contribution is 5.91. The van der Waals surface area contributed by atoms with Gasteiger partial charge in [0.15, 0.2) is 0 Å². The van der Waals surface area contributed by atoms with Gasteiger partial charge in [-0.3, -0.25) is 19.3 Å². The number of carboxylic acid groups (broad SMARTS) is 2. The first-order valence-electron chi connectivity index (χ1n) is 13.1. The molecular weight excluding hydrogens is 593 g/mol. The highest BCUT2D eigenvalue weighted by Gasteiger charge is 2.38. The van der Waals surface area contributed by atoms with Crippen molar-refractivity contribution in [2.24, 2.45) is 0 Å². The minimum Gasteiger partial charge on any atom is -0.481 e. The van der Waals surface area contributed by atoms with E-state index in [0.29, 0.717) is 19.4 Å². The molecule has 0 radical (unpaired) electrons. The van der Waals surface area contributed by atoms with Crippen molar-refractivity contribution < 1.29 is 56.9 Å². The van der Waals surface area contributed by atoms with E-state index in [0.717, 1.165) is 11.1 Å². The number of carboxylic acids is 2. The van der Waals surface area contributed by atoms with Crippen molar-refractivity contribution in [3.05, 3.63) is 71.8 Å². The fraction of sp³-hybridized carbons (Fsp3) is 0.357. The number of hydrogen-bond acceptors (Lipinski definition) is 8. The van der Waals surface area contributed by atoms with Gasteiger partial charge in [0.1, 0.15) is 18.9 Å². The molecule has 0 unspecified atom stereocenters. The van der Waals surface area contributed by atoms with Crippen molar-refractivity contribution in [1.29, 1.82) is 0 Å². The van der Waals surface area contributed by atoms with E-state index >= 15 is 0 Å². The lowest BCUT2D eigenvalue weighted by atomic mass is 10.2. The molecule has 3 rings (SSSR count). The monoisotopic (exact) mass is 624 g/mol. The number of rotatable bonds is 11. The Morgan fingerprint density at radius 1 is 0.977 bits per heavy atom. The number of alkyl carbamates (subject to hydrolysis) is 1. The minimum absolute atomic E-state index is 0.0318. The van der Waals surface area contributed by atoms with Gasteiger partial charge in [-0.25, -0.2) is 9.59 Å². The molecule has 0 bridgehead atoms. The van der Waals surface area contributed by atoms with E-state index in [4.69, 9.17) is 19.7 Å². The number of nitrogens with one attached hydrogen (secondary N) is 2. The number of amides is 3. The van der Waals surface area contributed by atoms with E-state index in [2.05, 4.69) is 10.6 Å². The molecule has 16 heteroatoms. The molecule has 3 amide bonds. The summed E-state index contributed by atoms with van der Waals surface area (Å²) in [6.07, 6.45) is -6.08. The fourth-order valence-corrected chi connectivity index (χ4v) is 3.92. The van der Waals surface area contributed by atoms with Crippen molar-refractivity contribution in [1.82, 2.24) is 20.4 Å². The van der Waals surface area contributed by atoms with Crippen LogP contribution in [0.2, 0.25) is 0 Å². The topological polar surface area (TPSA) is 183 Å². The van der Waals surface area contributed by atoms with E-state index in [-0.39, 0.29) is 26.2 Å². The molecule has 1 fully saturated rings. The molecule has 1 aliphatic rings. The van der Waals surface area contributed by atoms with Gasteiger partial charge in [-0.2, -0.15) is 13.2 Å². The number of nitrogens with zero attached hydrogens (tertiary/aromatic N) is 2. The average molecular weight is 625 g/mol. The summed E-state index contributed by atoms with van der Waals surface area (Å²) in [5, 5.41) is 20.9. The largest absolute Gasteiger partial charge is 0.490 e. The van der Waals surface area contributed by atoms with Crippen molar-refractivity contribution in [3.8, 4) is 0 Å². The Morgan fingerprint density at radius 3 is 2.07 bits per heavy atom. The number of benzene rings is 2. The van der Waals surface area contributed by atoms with Gasteiger partial charge >= 0.3 is 24.2 Å². The molecule has 4 N–H and O–H groups in total. The predicted octanol–water partition coefficient (Wildman–Crippen LogP) is 1.42. The standard InChI is InChI=1S/C26H30N4O7.C2HF3O2/c31-17-21(13-24(33)34)27-23(32)16-30-12-11-29(14-19-7-3-1-4-8-19)15-22(25(30)35)28-26(36)37-18-20-9-5-2-6-10-20;3-2(4,5)1(6)7/h1-10,17,21-22H,11-16,18H2,(H,27,32)(H,28,36)(H,33,34);(H,6,7)/t21-,22-;/m0./s1. The first-order chi connectivity index (χ1) is 20.8. The first kappa shape index (κ1) is 35.2. The zero-order chi connectivity index (χ0) is 32.7. The molecule has 2 aromatic carbocycles. The third kappa shape index (κ3) is 12.9. The van der Waals surface area contributed by atoms with Crippen LogP contribution in [0.15, 0.2) is 60.7 Å². The number of hydrogen-bond donors (Lipinski definition) is 4. The lowest BCUT2D eigenvalue weighted by molar-refractivity contribution is -0.192. The molecule has 0 aromatic heterocycles. The van der Waals surface area contributed by atoms with Gasteiger partial charge in [-0.1, -0.05) is 60.7 Å². The lowest BCUT2D eigenvalue weighted by Crippen LogP contribution is -2.53. The molecule has 13 nitrogen and oxygen atoms in total. The Balaban J connectivity index is 0.000000860. The molecule has 0 aliphatic carbocycles. The maximum atomic E-state index is 13.3. The number of aldehydes is 1. The summed E-state index contributed by atoms with van der Waals surface area (Å²) < 4.78 is 37.0. The summed E-state index contributed by atoms with van der Waals surface area (Å²) in [6, 6.07) is 16.5. The van der Waals surface area contributed by atoms with Crippen LogP contribution >= 0.6 is 0 Å². The van der Waals surface area contributed by atoms with Crippen molar-refractivity contribution in [2.45, 2.75) is 37.8 Å². The first-order valence-corrected chi connectivity index (χ1v) is 13.1. The molecule has 238 valence electrons. The molecule has 1 heterocycles. The maximum Gasteiger partial charge on any atom is 0.490 e. The van der Waals surface area contributed by atoms with Gasteiger partial charge in [-0.15, -0.1) is 0 Å². The summed E-state index contributed by atoms with van der Waals surface area (Å²) >= 11 is 0. The maximum absolute atomic E-state index is 13.3. The summed E-state index contributed by atoms with van der Waals surface area (Å²) in [7, 11) is 0. The zero-order valence-corrected chi connectivity index (χ0v) is 23.2. The second-order valence-corrected chi connectivity index (χ2v) is 9.45. The molecule has 1 aliphatic heterocycles. The number of carbonyl (C=O) groups is 6. The van der Waals surface area contributed by atoms with Crippen LogP contribution in [0.1, 0.15) is 17.5 Å². The molecular formula is C28H31F3N4O9. The average Bonchev–Trinajstić information content (AvgIpc) is 3.10. The SMILES string of the molecule is O=C(O)C(F)(F)F.O=C[C@H](CC(=O)O)NC(=O)CN1CCN(Cc2ccccc2)C[C@H](NC(=O)OCc2ccccc2)C1=O. The van der Waals surface area contributed by atoms with Gasteiger partial charge in [-0.05, 0) is 11.1 Å². The number of ether oxygens (including phenoxy) is 1.